The third-order valence-electron chi connectivity index (χ3n) is 4.41. The Balaban J connectivity index is 2.15. The van der Waals surface area contributed by atoms with E-state index in [4.69, 9.17) is 0 Å². The molecule has 1 aromatic heterocycles. The minimum Gasteiger partial charge on any atom is -0.403 e. The van der Waals surface area contributed by atoms with Gasteiger partial charge in [-0.2, -0.15) is 0 Å². The van der Waals surface area contributed by atoms with Gasteiger partial charge in [0.25, 0.3) is 0 Å². The van der Waals surface area contributed by atoms with Gasteiger partial charge in [0.2, 0.25) is 0 Å². The van der Waals surface area contributed by atoms with Gasteiger partial charge in [-0.1, -0.05) is 6.07 Å². The molecule has 0 saturated carbocycles. The number of aromatic nitrogens is 1. The van der Waals surface area contributed by atoms with Crippen LogP contribution in [0, 0.1) is 5.82 Å². The number of benzene rings is 1. The SMILES string of the molecule is CC(C)(C)S(=O)NC1(c2ccc(OC(F)(F)F)c(F)c2)CC(=O)c2cccnc21. The van der Waals surface area contributed by atoms with Crippen molar-refractivity contribution in [1.82, 2.24) is 9.71 Å². The van der Waals surface area contributed by atoms with Crippen molar-refractivity contribution in [2.24, 2.45) is 0 Å². The zero-order valence-electron chi connectivity index (χ0n) is 15.8. The fourth-order valence-electron chi connectivity index (χ4n) is 3.06. The van der Waals surface area contributed by atoms with Gasteiger partial charge in [-0.05, 0) is 50.6 Å². The Kier molecular flexibility index (Phi) is 5.29. The molecule has 156 valence electrons. The Labute approximate surface area is 167 Å². The lowest BCUT2D eigenvalue weighted by atomic mass is 9.88. The number of nitrogens with zero attached hydrogens (tertiary/aromatic N) is 1. The molecule has 10 heteroatoms. The van der Waals surface area contributed by atoms with Crippen LogP contribution in [-0.4, -0.2) is 26.1 Å². The zero-order chi connectivity index (χ0) is 21.6. The molecule has 2 unspecified atom stereocenters. The molecule has 0 aliphatic heterocycles. The first-order valence-electron chi connectivity index (χ1n) is 8.58. The number of pyridine rings is 1. The first-order chi connectivity index (χ1) is 13.3. The maximum Gasteiger partial charge on any atom is 0.573 e. The van der Waals surface area contributed by atoms with E-state index in [1.165, 1.54) is 12.3 Å². The normalized spacial score (nSPS) is 20.4. The molecule has 1 aromatic carbocycles. The molecule has 0 saturated heterocycles. The second kappa shape index (κ2) is 7.17. The van der Waals surface area contributed by atoms with Crippen molar-refractivity contribution in [3.63, 3.8) is 0 Å². The maximum atomic E-state index is 14.4. The summed E-state index contributed by atoms with van der Waals surface area (Å²) in [4.78, 5) is 16.8. The van der Waals surface area contributed by atoms with E-state index >= 15 is 0 Å². The average Bonchev–Trinajstić information content (AvgIpc) is 2.88. The number of carbonyl (C=O) groups excluding carboxylic acids is 1. The van der Waals surface area contributed by atoms with Crippen LogP contribution in [0.1, 0.15) is 48.8 Å². The molecule has 0 fully saturated rings. The zero-order valence-corrected chi connectivity index (χ0v) is 16.6. The van der Waals surface area contributed by atoms with Crippen molar-refractivity contribution < 1.29 is 31.3 Å². The number of halogens is 4. The smallest absolute Gasteiger partial charge is 0.403 e. The first-order valence-corrected chi connectivity index (χ1v) is 9.73. The second-order valence-electron chi connectivity index (χ2n) is 7.58. The summed E-state index contributed by atoms with van der Waals surface area (Å²) in [7, 11) is -1.69. The van der Waals surface area contributed by atoms with Crippen molar-refractivity contribution in [1.29, 1.82) is 0 Å². The van der Waals surface area contributed by atoms with Gasteiger partial charge in [-0.15, -0.1) is 13.2 Å². The second-order valence-corrected chi connectivity index (χ2v) is 9.55. The highest BCUT2D eigenvalue weighted by Gasteiger charge is 2.48. The number of ether oxygens (including phenoxy) is 1. The van der Waals surface area contributed by atoms with Crippen molar-refractivity contribution in [2.45, 2.75) is 43.8 Å². The van der Waals surface area contributed by atoms with E-state index in [-0.39, 0.29) is 29.0 Å². The monoisotopic (exact) mass is 430 g/mol. The molecule has 2 aromatic rings. The summed E-state index contributed by atoms with van der Waals surface area (Å²) >= 11 is 0. The molecule has 0 spiro atoms. The van der Waals surface area contributed by atoms with Crippen molar-refractivity contribution >= 4 is 16.8 Å². The van der Waals surface area contributed by atoms with Gasteiger partial charge >= 0.3 is 6.36 Å². The largest absolute Gasteiger partial charge is 0.573 e. The lowest BCUT2D eigenvalue weighted by Gasteiger charge is -2.33. The van der Waals surface area contributed by atoms with Crippen molar-refractivity contribution in [3.8, 4) is 5.75 Å². The number of fused-ring (bicyclic) bond motifs is 1. The number of Topliss-reactive ketones (excluding diaryl/α,β-unsaturated/α-hetero) is 1. The van der Waals surface area contributed by atoms with Crippen LogP contribution in [0.5, 0.6) is 5.75 Å². The number of ketones is 1. The van der Waals surface area contributed by atoms with Gasteiger partial charge in [0, 0.05) is 18.2 Å². The van der Waals surface area contributed by atoms with Crippen LogP contribution in [0.15, 0.2) is 36.5 Å². The number of hydrogen-bond donors (Lipinski definition) is 1. The predicted molar refractivity (Wildman–Crippen MR) is 98.1 cm³/mol. The lowest BCUT2D eigenvalue weighted by molar-refractivity contribution is -0.275. The highest BCUT2D eigenvalue weighted by molar-refractivity contribution is 7.84. The molecule has 29 heavy (non-hydrogen) atoms. The standard InChI is InChI=1S/C19H18F4N2O3S/c1-17(2,3)29(27)25-18(10-14(26)12-5-4-8-24-16(12)18)11-6-7-15(13(20)9-11)28-19(21,22)23/h4-9,25H,10H2,1-3H3. The summed E-state index contributed by atoms with van der Waals surface area (Å²) in [5, 5.41) is 0. The van der Waals surface area contributed by atoms with Crippen LogP contribution in [-0.2, 0) is 16.5 Å². The van der Waals surface area contributed by atoms with Crippen LogP contribution in [0.25, 0.3) is 0 Å². The van der Waals surface area contributed by atoms with Gasteiger partial charge in [-0.25, -0.2) is 13.3 Å². The minimum atomic E-state index is -5.05. The van der Waals surface area contributed by atoms with E-state index < -0.39 is 39.2 Å². The molecule has 2 atom stereocenters. The van der Waals surface area contributed by atoms with E-state index in [0.29, 0.717) is 0 Å². The predicted octanol–water partition coefficient (Wildman–Crippen LogP) is 4.00. The summed E-state index contributed by atoms with van der Waals surface area (Å²) in [5.41, 5.74) is -0.815. The van der Waals surface area contributed by atoms with Gasteiger partial charge in [0.1, 0.15) is 5.54 Å². The van der Waals surface area contributed by atoms with Crippen molar-refractivity contribution in [2.75, 3.05) is 0 Å². The number of nitrogens with one attached hydrogen (secondary N) is 1. The van der Waals surface area contributed by atoms with Crippen molar-refractivity contribution in [3.05, 3.63) is 59.2 Å². The van der Waals surface area contributed by atoms with Gasteiger partial charge < -0.3 is 4.74 Å². The number of carbonyl (C=O) groups is 1. The number of alkyl halides is 3. The van der Waals surface area contributed by atoms with E-state index in [9.17, 15) is 26.6 Å². The van der Waals surface area contributed by atoms with E-state index in [0.717, 1.165) is 12.1 Å². The Morgan fingerprint density at radius 1 is 1.21 bits per heavy atom. The summed E-state index contributed by atoms with van der Waals surface area (Å²) in [6.45, 7) is 5.13. The number of hydrogen-bond acceptors (Lipinski definition) is 4. The lowest BCUT2D eigenvalue weighted by Crippen LogP contribution is -2.48. The van der Waals surface area contributed by atoms with Gasteiger partial charge in [-0.3, -0.25) is 9.78 Å². The fourth-order valence-corrected chi connectivity index (χ4v) is 3.97. The summed E-state index contributed by atoms with van der Waals surface area (Å²) in [5.74, 6) is -2.57. The third kappa shape index (κ3) is 4.18. The molecule has 0 amide bonds. The summed E-state index contributed by atoms with van der Waals surface area (Å²) in [6, 6.07) is 5.98. The molecule has 1 N–H and O–H groups in total. The Hall–Kier alpha value is -2.33. The maximum absolute atomic E-state index is 14.4. The van der Waals surface area contributed by atoms with E-state index in [1.807, 2.05) is 0 Å². The first kappa shape index (κ1) is 21.4. The quantitative estimate of drug-likeness (QED) is 0.745. The molecule has 5 nitrogen and oxygen atoms in total. The van der Waals surface area contributed by atoms with Crippen LogP contribution >= 0.6 is 0 Å². The van der Waals surface area contributed by atoms with Crippen LogP contribution in [0.4, 0.5) is 17.6 Å². The van der Waals surface area contributed by atoms with Gasteiger partial charge in [0.15, 0.2) is 17.3 Å². The molecule has 1 aliphatic rings. The van der Waals surface area contributed by atoms with Gasteiger partial charge in [0.05, 0.1) is 21.4 Å². The molecule has 0 bridgehead atoms. The minimum absolute atomic E-state index is 0.118. The summed E-state index contributed by atoms with van der Waals surface area (Å²) < 4.78 is 70.5. The van der Waals surface area contributed by atoms with Crippen LogP contribution in [0.3, 0.4) is 0 Å². The highest BCUT2D eigenvalue weighted by Crippen LogP contribution is 2.43. The molecule has 3 rings (SSSR count). The molecular formula is C19H18F4N2O3S. The molecule has 1 aliphatic carbocycles. The van der Waals surface area contributed by atoms with Crippen LogP contribution in [0.2, 0.25) is 0 Å². The highest BCUT2D eigenvalue weighted by atomic mass is 32.2. The molecule has 0 radical (unpaired) electrons. The third-order valence-corrected chi connectivity index (χ3v) is 6.06. The number of rotatable bonds is 4. The van der Waals surface area contributed by atoms with E-state index in [1.54, 1.807) is 32.9 Å². The summed E-state index contributed by atoms with van der Waals surface area (Å²) in [6.07, 6.45) is -3.82. The fraction of sp³-hybridized carbons (Fsp3) is 0.368. The topological polar surface area (TPSA) is 68.3 Å². The Bertz CT molecular complexity index is 988. The average molecular weight is 430 g/mol. The molecular weight excluding hydrogens is 412 g/mol. The van der Waals surface area contributed by atoms with E-state index in [2.05, 4.69) is 14.4 Å². The Morgan fingerprint density at radius 3 is 2.48 bits per heavy atom. The molecule has 1 heterocycles. The van der Waals surface area contributed by atoms with Crippen LogP contribution < -0.4 is 9.46 Å². The Morgan fingerprint density at radius 2 is 1.90 bits per heavy atom.